The van der Waals surface area contributed by atoms with E-state index in [0.717, 1.165) is 31.6 Å². The van der Waals surface area contributed by atoms with Crippen LogP contribution in [0.5, 0.6) is 0 Å². The summed E-state index contributed by atoms with van der Waals surface area (Å²) in [5.74, 6) is 0. The van der Waals surface area contributed by atoms with Gasteiger partial charge in [-0.05, 0) is 19.4 Å². The van der Waals surface area contributed by atoms with Gasteiger partial charge in [-0.25, -0.2) is 4.98 Å². The van der Waals surface area contributed by atoms with Crippen molar-refractivity contribution in [2.45, 2.75) is 58.6 Å². The van der Waals surface area contributed by atoms with E-state index in [1.54, 1.807) is 11.3 Å². The van der Waals surface area contributed by atoms with Crippen LogP contribution < -0.4 is 5.32 Å². The van der Waals surface area contributed by atoms with Crippen molar-refractivity contribution < 1.29 is 5.11 Å². The van der Waals surface area contributed by atoms with Gasteiger partial charge < -0.3 is 10.4 Å². The molecule has 1 aromatic heterocycles. The summed E-state index contributed by atoms with van der Waals surface area (Å²) in [5.41, 5.74) is 1.24. The molecule has 1 atom stereocenters. The summed E-state index contributed by atoms with van der Waals surface area (Å²) in [4.78, 5) is 4.61. The molecule has 0 saturated carbocycles. The van der Waals surface area contributed by atoms with E-state index in [4.69, 9.17) is 0 Å². The molecule has 0 fully saturated rings. The fourth-order valence-electron chi connectivity index (χ4n) is 1.42. The maximum Gasteiger partial charge on any atom is 0.0982 e. The first kappa shape index (κ1) is 14.6. The minimum absolute atomic E-state index is 0.140. The summed E-state index contributed by atoms with van der Waals surface area (Å²) in [6.45, 7) is 10.2. The Labute approximate surface area is 108 Å². The highest BCUT2D eigenvalue weighted by Crippen LogP contribution is 2.25. The Kier molecular flexibility index (Phi) is 5.56. The molecular formula is C13H24N2OS. The molecule has 0 aliphatic heterocycles. The van der Waals surface area contributed by atoms with E-state index < -0.39 is 0 Å². The molecule has 98 valence electrons. The van der Waals surface area contributed by atoms with Crippen molar-refractivity contribution in [1.29, 1.82) is 0 Å². The number of rotatable bonds is 6. The lowest BCUT2D eigenvalue weighted by atomic mass is 9.98. The molecule has 1 heterocycles. The lowest BCUT2D eigenvalue weighted by Gasteiger charge is -2.13. The summed E-state index contributed by atoms with van der Waals surface area (Å²) < 4.78 is 0. The van der Waals surface area contributed by atoms with Crippen molar-refractivity contribution >= 4 is 11.3 Å². The number of hydrogen-bond donors (Lipinski definition) is 2. The smallest absolute Gasteiger partial charge is 0.0982 e. The van der Waals surface area contributed by atoms with Gasteiger partial charge in [0.25, 0.3) is 0 Å². The maximum atomic E-state index is 9.41. The molecule has 0 radical (unpaired) electrons. The van der Waals surface area contributed by atoms with E-state index in [1.165, 1.54) is 5.01 Å². The fraction of sp³-hybridized carbons (Fsp3) is 0.769. The Morgan fingerprint density at radius 2 is 2.18 bits per heavy atom. The number of hydrogen-bond acceptors (Lipinski definition) is 4. The molecule has 0 aliphatic rings. The predicted molar refractivity (Wildman–Crippen MR) is 73.4 cm³/mol. The molecular weight excluding hydrogens is 232 g/mol. The van der Waals surface area contributed by atoms with Gasteiger partial charge in [0.05, 0.1) is 16.8 Å². The topological polar surface area (TPSA) is 45.1 Å². The van der Waals surface area contributed by atoms with Crippen LogP contribution in [0.3, 0.4) is 0 Å². The van der Waals surface area contributed by atoms with Crippen molar-refractivity contribution in [3.8, 4) is 0 Å². The van der Waals surface area contributed by atoms with Gasteiger partial charge in [0.2, 0.25) is 0 Å². The van der Waals surface area contributed by atoms with Gasteiger partial charge in [-0.2, -0.15) is 0 Å². The molecule has 0 aliphatic carbocycles. The molecule has 0 aromatic carbocycles. The van der Waals surface area contributed by atoms with Crippen molar-refractivity contribution in [2.75, 3.05) is 6.54 Å². The minimum atomic E-state index is -0.178. The zero-order chi connectivity index (χ0) is 12.9. The first-order valence-electron chi connectivity index (χ1n) is 6.27. The Morgan fingerprint density at radius 1 is 1.47 bits per heavy atom. The summed E-state index contributed by atoms with van der Waals surface area (Å²) in [6.07, 6.45) is 1.46. The molecule has 0 amide bonds. The zero-order valence-corrected chi connectivity index (χ0v) is 12.1. The SMILES string of the molecule is CCC(O)CCNCc1csc(C(C)(C)C)n1. The average molecular weight is 256 g/mol. The second-order valence-electron chi connectivity index (χ2n) is 5.42. The normalized spacial score (nSPS) is 13.9. The highest BCUT2D eigenvalue weighted by atomic mass is 32.1. The number of nitrogens with one attached hydrogen (secondary N) is 1. The Hall–Kier alpha value is -0.450. The zero-order valence-electron chi connectivity index (χ0n) is 11.3. The minimum Gasteiger partial charge on any atom is -0.393 e. The number of aliphatic hydroxyl groups is 1. The van der Waals surface area contributed by atoms with E-state index in [-0.39, 0.29) is 11.5 Å². The Bertz CT molecular complexity index is 330. The van der Waals surface area contributed by atoms with Crippen molar-refractivity contribution in [3.63, 3.8) is 0 Å². The molecule has 1 aromatic rings. The third-order valence-corrected chi connectivity index (χ3v) is 3.94. The van der Waals surface area contributed by atoms with Gasteiger partial charge in [0.15, 0.2) is 0 Å². The molecule has 0 saturated heterocycles. The van der Waals surface area contributed by atoms with Crippen LogP contribution in [0.2, 0.25) is 0 Å². The van der Waals surface area contributed by atoms with Crippen LogP contribution in [0.4, 0.5) is 0 Å². The molecule has 17 heavy (non-hydrogen) atoms. The predicted octanol–water partition coefficient (Wildman–Crippen LogP) is 2.69. The van der Waals surface area contributed by atoms with E-state index in [1.807, 2.05) is 6.92 Å². The number of aromatic nitrogens is 1. The van der Waals surface area contributed by atoms with Gasteiger partial charge in [0.1, 0.15) is 0 Å². The van der Waals surface area contributed by atoms with Crippen LogP contribution >= 0.6 is 11.3 Å². The van der Waals surface area contributed by atoms with Crippen LogP contribution in [0.1, 0.15) is 51.2 Å². The number of nitrogens with zero attached hydrogens (tertiary/aromatic N) is 1. The highest BCUT2D eigenvalue weighted by molar-refractivity contribution is 7.09. The van der Waals surface area contributed by atoms with Crippen LogP contribution in [0.25, 0.3) is 0 Å². The lowest BCUT2D eigenvalue weighted by Crippen LogP contribution is -2.20. The quantitative estimate of drug-likeness (QED) is 0.769. The highest BCUT2D eigenvalue weighted by Gasteiger charge is 2.17. The van der Waals surface area contributed by atoms with Crippen LogP contribution in [0.15, 0.2) is 5.38 Å². The molecule has 1 unspecified atom stereocenters. The van der Waals surface area contributed by atoms with Crippen LogP contribution in [-0.4, -0.2) is 22.7 Å². The molecule has 2 N–H and O–H groups in total. The third kappa shape index (κ3) is 5.15. The maximum absolute atomic E-state index is 9.41. The second-order valence-corrected chi connectivity index (χ2v) is 6.28. The largest absolute Gasteiger partial charge is 0.393 e. The van der Waals surface area contributed by atoms with Gasteiger partial charge in [-0.3, -0.25) is 0 Å². The summed E-state index contributed by atoms with van der Waals surface area (Å²) >= 11 is 1.72. The lowest BCUT2D eigenvalue weighted by molar-refractivity contribution is 0.159. The van der Waals surface area contributed by atoms with Gasteiger partial charge in [-0.1, -0.05) is 27.7 Å². The van der Waals surface area contributed by atoms with Crippen molar-refractivity contribution in [1.82, 2.24) is 10.3 Å². The molecule has 1 rings (SSSR count). The first-order chi connectivity index (χ1) is 7.93. The van der Waals surface area contributed by atoms with Crippen molar-refractivity contribution in [2.24, 2.45) is 0 Å². The second kappa shape index (κ2) is 6.47. The molecule has 0 bridgehead atoms. The Balaban J connectivity index is 2.31. The first-order valence-corrected chi connectivity index (χ1v) is 7.15. The van der Waals surface area contributed by atoms with Gasteiger partial charge >= 0.3 is 0 Å². The van der Waals surface area contributed by atoms with E-state index in [2.05, 4.69) is 36.5 Å². The average Bonchev–Trinajstić information content (AvgIpc) is 2.72. The van der Waals surface area contributed by atoms with E-state index >= 15 is 0 Å². The molecule has 3 nitrogen and oxygen atoms in total. The Morgan fingerprint density at radius 3 is 2.71 bits per heavy atom. The number of thiazole rings is 1. The molecule has 4 heteroatoms. The van der Waals surface area contributed by atoms with Crippen LogP contribution in [-0.2, 0) is 12.0 Å². The third-order valence-electron chi connectivity index (χ3n) is 2.63. The van der Waals surface area contributed by atoms with E-state index in [0.29, 0.717) is 0 Å². The summed E-state index contributed by atoms with van der Waals surface area (Å²) in [6, 6.07) is 0. The summed E-state index contributed by atoms with van der Waals surface area (Å²) in [7, 11) is 0. The molecule has 0 spiro atoms. The number of aliphatic hydroxyl groups excluding tert-OH is 1. The van der Waals surface area contributed by atoms with Crippen molar-refractivity contribution in [3.05, 3.63) is 16.1 Å². The van der Waals surface area contributed by atoms with Gasteiger partial charge in [0, 0.05) is 17.3 Å². The standard InChI is InChI=1S/C13H24N2OS/c1-5-11(16)6-7-14-8-10-9-17-12(15-10)13(2,3)4/h9,11,14,16H,5-8H2,1-4H3. The fourth-order valence-corrected chi connectivity index (χ4v) is 2.33. The van der Waals surface area contributed by atoms with Gasteiger partial charge in [-0.15, -0.1) is 11.3 Å². The van der Waals surface area contributed by atoms with Crippen LogP contribution in [0, 0.1) is 0 Å². The summed E-state index contributed by atoms with van der Waals surface area (Å²) in [5, 5.41) is 16.0. The monoisotopic (exact) mass is 256 g/mol. The van der Waals surface area contributed by atoms with E-state index in [9.17, 15) is 5.11 Å².